The maximum Gasteiger partial charge on any atom is 1.00 e. The van der Waals surface area contributed by atoms with Crippen LogP contribution in [-0.4, -0.2) is 8.76 Å². The van der Waals surface area contributed by atoms with Crippen LogP contribution in [0.1, 0.15) is 1.43 Å². The smallest absolute Gasteiger partial charge is 1.00 e. The van der Waals surface area contributed by atoms with Crippen molar-refractivity contribution >= 4 is 11.1 Å². The fraction of sp³-hybridized carbons (Fsp3) is 0. The molecule has 0 spiro atoms. The van der Waals surface area contributed by atoms with Crippen LogP contribution in [0.3, 0.4) is 0 Å². The predicted octanol–water partition coefficient (Wildman–Crippen LogP) is 3.38. The van der Waals surface area contributed by atoms with Crippen molar-refractivity contribution in [3.05, 3.63) is 103 Å². The zero-order chi connectivity index (χ0) is 18.6. The van der Waals surface area contributed by atoms with Gasteiger partial charge in [0.15, 0.2) is 11.1 Å². The molecule has 4 aromatic rings. The zero-order valence-corrected chi connectivity index (χ0v) is 18.4. The molecule has 0 amide bonds. The van der Waals surface area contributed by atoms with Crippen LogP contribution in [0.15, 0.2) is 108 Å². The summed E-state index contributed by atoms with van der Waals surface area (Å²) in [4.78, 5) is 0.437. The fourth-order valence-electron chi connectivity index (χ4n) is 3.28. The molecule has 2 nitrogen and oxygen atoms in total. The Kier molecular flexibility index (Phi) is 7.00. The monoisotopic (exact) mass is 394 g/mol. The minimum Gasteiger partial charge on any atom is -1.00 e. The van der Waals surface area contributed by atoms with Gasteiger partial charge in [0.25, 0.3) is 0 Å². The summed E-state index contributed by atoms with van der Waals surface area (Å²) >= 11 is -2.12. The third-order valence-electron chi connectivity index (χ3n) is 4.54. The Morgan fingerprint density at radius 1 is 0.571 bits per heavy atom. The van der Waals surface area contributed by atoms with Gasteiger partial charge in [0.1, 0.15) is 0 Å². The van der Waals surface area contributed by atoms with Crippen LogP contribution in [0.4, 0.5) is 0 Å². The molecular formula is C24H19NaO2S. The second-order valence-corrected chi connectivity index (χ2v) is 7.15. The molecule has 0 saturated carbocycles. The quantitative estimate of drug-likeness (QED) is 0.426. The predicted molar refractivity (Wildman–Crippen MR) is 113 cm³/mol. The minimum absolute atomic E-state index is 0. The SMILES string of the molecule is O=S(O)c1c(-c2ccccc2)cc(-c2ccccc2)cc1-c1ccccc1.[H-].[Na+]. The van der Waals surface area contributed by atoms with Crippen LogP contribution < -0.4 is 29.6 Å². The standard InChI is InChI=1S/C24H18O2S.Na.H/c25-27(26)24-22(19-12-6-2-7-13-19)16-21(18-10-4-1-5-11-18)17-23(24)20-14-8-3-9-15-20;;/h1-17H,(H,25,26);;/q;+1;-1. The summed E-state index contributed by atoms with van der Waals surface area (Å²) in [6, 6.07) is 33.6. The van der Waals surface area contributed by atoms with Crippen molar-refractivity contribution in [2.75, 3.05) is 0 Å². The van der Waals surface area contributed by atoms with Crippen molar-refractivity contribution in [2.24, 2.45) is 0 Å². The van der Waals surface area contributed by atoms with Gasteiger partial charge in [-0.2, -0.15) is 0 Å². The molecule has 0 aromatic heterocycles. The van der Waals surface area contributed by atoms with E-state index in [-0.39, 0.29) is 31.0 Å². The maximum absolute atomic E-state index is 12.3. The Balaban J connectivity index is 0.00000150. The second-order valence-electron chi connectivity index (χ2n) is 6.25. The second kappa shape index (κ2) is 9.46. The number of rotatable bonds is 4. The first kappa shape index (κ1) is 20.7. The topological polar surface area (TPSA) is 37.3 Å². The molecule has 0 heterocycles. The van der Waals surface area contributed by atoms with E-state index in [0.717, 1.165) is 33.4 Å². The van der Waals surface area contributed by atoms with E-state index in [4.69, 9.17) is 0 Å². The van der Waals surface area contributed by atoms with E-state index in [2.05, 4.69) is 12.1 Å². The van der Waals surface area contributed by atoms with Crippen molar-refractivity contribution < 1.29 is 39.7 Å². The van der Waals surface area contributed by atoms with Crippen molar-refractivity contribution in [3.8, 4) is 33.4 Å². The summed E-state index contributed by atoms with van der Waals surface area (Å²) in [7, 11) is 0. The molecule has 1 atom stereocenters. The van der Waals surface area contributed by atoms with Crippen LogP contribution in [0, 0.1) is 0 Å². The van der Waals surface area contributed by atoms with Gasteiger partial charge in [-0.05, 0) is 34.4 Å². The largest absolute Gasteiger partial charge is 1.00 e. The molecule has 1 unspecified atom stereocenters. The molecule has 4 aromatic carbocycles. The summed E-state index contributed by atoms with van der Waals surface area (Å²) in [5, 5.41) is 0. The van der Waals surface area contributed by atoms with E-state index >= 15 is 0 Å². The molecule has 0 bridgehead atoms. The van der Waals surface area contributed by atoms with E-state index < -0.39 is 11.1 Å². The molecule has 1 N–H and O–H groups in total. The third kappa shape index (κ3) is 4.35. The van der Waals surface area contributed by atoms with E-state index in [1.165, 1.54) is 0 Å². The van der Waals surface area contributed by atoms with Crippen LogP contribution in [0.5, 0.6) is 0 Å². The summed E-state index contributed by atoms with van der Waals surface area (Å²) in [6.45, 7) is 0. The molecule has 0 aliphatic carbocycles. The Bertz CT molecular complexity index is 1030. The Hall–Kier alpha value is -2.01. The van der Waals surface area contributed by atoms with Gasteiger partial charge in [0.05, 0.1) is 4.90 Å². The molecule has 4 heteroatoms. The first-order chi connectivity index (χ1) is 13.2. The summed E-state index contributed by atoms with van der Waals surface area (Å²) in [6.07, 6.45) is 0. The summed E-state index contributed by atoms with van der Waals surface area (Å²) in [5.74, 6) is 0. The zero-order valence-electron chi connectivity index (χ0n) is 16.6. The van der Waals surface area contributed by atoms with Crippen LogP contribution >= 0.6 is 0 Å². The van der Waals surface area contributed by atoms with Crippen LogP contribution in [-0.2, 0) is 11.1 Å². The molecule has 4 rings (SSSR count). The normalized spacial score (nSPS) is 11.5. The van der Waals surface area contributed by atoms with Crippen LogP contribution in [0.2, 0.25) is 0 Å². The van der Waals surface area contributed by atoms with Gasteiger partial charge in [-0.1, -0.05) is 91.0 Å². The first-order valence-electron chi connectivity index (χ1n) is 8.69. The van der Waals surface area contributed by atoms with E-state index in [1.54, 1.807) is 0 Å². The first-order valence-corrected chi connectivity index (χ1v) is 9.80. The fourth-order valence-corrected chi connectivity index (χ4v) is 4.01. The van der Waals surface area contributed by atoms with Crippen molar-refractivity contribution in [3.63, 3.8) is 0 Å². The minimum atomic E-state index is -2.12. The van der Waals surface area contributed by atoms with Gasteiger partial charge < -0.3 is 5.98 Å². The third-order valence-corrected chi connectivity index (χ3v) is 5.33. The van der Waals surface area contributed by atoms with Gasteiger partial charge in [-0.15, -0.1) is 0 Å². The molecule has 0 aliphatic heterocycles. The van der Waals surface area contributed by atoms with Gasteiger partial charge >= 0.3 is 29.6 Å². The molecule has 0 aliphatic rings. The number of benzene rings is 4. The molecule has 134 valence electrons. The number of hydrogen-bond donors (Lipinski definition) is 1. The van der Waals surface area contributed by atoms with Gasteiger partial charge in [0, 0.05) is 11.1 Å². The maximum atomic E-state index is 12.3. The van der Waals surface area contributed by atoms with Gasteiger partial charge in [-0.3, -0.25) is 0 Å². The average Bonchev–Trinajstić information content (AvgIpc) is 2.74. The summed E-state index contributed by atoms with van der Waals surface area (Å²) < 4.78 is 22.5. The van der Waals surface area contributed by atoms with Gasteiger partial charge in [0.2, 0.25) is 0 Å². The number of hydrogen-bond acceptors (Lipinski definition) is 1. The Labute approximate surface area is 191 Å². The van der Waals surface area contributed by atoms with Gasteiger partial charge in [-0.25, -0.2) is 4.21 Å². The molecule has 0 radical (unpaired) electrons. The summed E-state index contributed by atoms with van der Waals surface area (Å²) in [5.41, 5.74) is 5.48. The molecule has 0 fully saturated rings. The molecular weight excluding hydrogens is 375 g/mol. The Morgan fingerprint density at radius 2 is 0.929 bits per heavy atom. The van der Waals surface area contributed by atoms with E-state index in [0.29, 0.717) is 4.90 Å². The average molecular weight is 394 g/mol. The van der Waals surface area contributed by atoms with E-state index in [1.807, 2.05) is 91.0 Å². The van der Waals surface area contributed by atoms with Crippen LogP contribution in [0.25, 0.3) is 33.4 Å². The van der Waals surface area contributed by atoms with E-state index in [9.17, 15) is 8.76 Å². The van der Waals surface area contributed by atoms with Crippen molar-refractivity contribution in [1.82, 2.24) is 0 Å². The van der Waals surface area contributed by atoms with Crippen molar-refractivity contribution in [1.29, 1.82) is 0 Å². The van der Waals surface area contributed by atoms with Crippen molar-refractivity contribution in [2.45, 2.75) is 4.90 Å². The molecule has 28 heavy (non-hydrogen) atoms. The Morgan fingerprint density at radius 3 is 1.29 bits per heavy atom. The molecule has 0 saturated heterocycles.